The molecule has 1 aromatic heterocycles. The van der Waals surface area contributed by atoms with E-state index in [0.29, 0.717) is 17.7 Å². The van der Waals surface area contributed by atoms with Crippen LogP contribution in [0.5, 0.6) is 0 Å². The predicted octanol–water partition coefficient (Wildman–Crippen LogP) is 0.954. The molecular weight excluding hydrogens is 232 g/mol. The summed E-state index contributed by atoms with van der Waals surface area (Å²) in [5, 5.41) is 14.4. The number of nitrogens with one attached hydrogen (secondary N) is 1. The molecule has 2 aliphatic heterocycles. The number of anilines is 1. The minimum atomic E-state index is -0.339. The maximum Gasteiger partial charge on any atom is 0.311 e. The highest BCUT2D eigenvalue weighted by atomic mass is 16.6. The monoisotopic (exact) mass is 248 g/mol. The normalized spacial score (nSPS) is 26.4. The summed E-state index contributed by atoms with van der Waals surface area (Å²) in [4.78, 5) is 17.2. The number of hydrogen-bond acceptors (Lipinski definition) is 5. The standard InChI is InChI=1S/C12H16N4O2/c1-8-2-3-11(16(17)18)12(14-8)15-6-9-4-13-5-10(9)7-15/h2-3,9-10,13H,4-7H2,1H3. The SMILES string of the molecule is Cc1ccc([N+](=O)[O-])c(N2CC3CNCC3C2)n1. The van der Waals surface area contributed by atoms with Crippen LogP contribution in [0.2, 0.25) is 0 Å². The van der Waals surface area contributed by atoms with Crippen LogP contribution in [-0.4, -0.2) is 36.1 Å². The first-order valence-electron chi connectivity index (χ1n) is 6.23. The molecule has 3 rings (SSSR count). The molecule has 2 unspecified atom stereocenters. The first-order valence-corrected chi connectivity index (χ1v) is 6.23. The molecule has 1 aromatic rings. The van der Waals surface area contributed by atoms with Crippen molar-refractivity contribution in [3.8, 4) is 0 Å². The van der Waals surface area contributed by atoms with Crippen LogP contribution in [0, 0.1) is 28.9 Å². The van der Waals surface area contributed by atoms with Crippen molar-refractivity contribution >= 4 is 11.5 Å². The first-order chi connectivity index (χ1) is 8.65. The van der Waals surface area contributed by atoms with Gasteiger partial charge in [0.05, 0.1) is 4.92 Å². The third kappa shape index (κ3) is 1.82. The van der Waals surface area contributed by atoms with Gasteiger partial charge in [-0.2, -0.15) is 0 Å². The number of nitro groups is 1. The van der Waals surface area contributed by atoms with E-state index < -0.39 is 0 Å². The van der Waals surface area contributed by atoms with E-state index in [1.54, 1.807) is 12.1 Å². The third-order valence-corrected chi connectivity index (χ3v) is 3.88. The van der Waals surface area contributed by atoms with E-state index in [1.165, 1.54) is 0 Å². The molecular formula is C12H16N4O2. The summed E-state index contributed by atoms with van der Waals surface area (Å²) in [6, 6.07) is 3.25. The van der Waals surface area contributed by atoms with Gasteiger partial charge in [-0.25, -0.2) is 4.98 Å². The molecule has 6 nitrogen and oxygen atoms in total. The van der Waals surface area contributed by atoms with Crippen LogP contribution in [0.1, 0.15) is 5.69 Å². The second kappa shape index (κ2) is 4.20. The molecule has 1 N–H and O–H groups in total. The third-order valence-electron chi connectivity index (χ3n) is 3.88. The molecule has 96 valence electrons. The smallest absolute Gasteiger partial charge is 0.311 e. The minimum absolute atomic E-state index is 0.119. The lowest BCUT2D eigenvalue weighted by Crippen LogP contribution is -2.27. The highest BCUT2D eigenvalue weighted by molar-refractivity contribution is 5.59. The molecule has 0 spiro atoms. The topological polar surface area (TPSA) is 71.3 Å². The van der Waals surface area contributed by atoms with E-state index in [1.807, 2.05) is 6.92 Å². The van der Waals surface area contributed by atoms with Crippen molar-refractivity contribution in [2.24, 2.45) is 11.8 Å². The summed E-state index contributed by atoms with van der Waals surface area (Å²) in [5.41, 5.74) is 0.944. The second-order valence-electron chi connectivity index (χ2n) is 5.14. The maximum atomic E-state index is 11.1. The Morgan fingerprint density at radius 2 is 2.06 bits per heavy atom. The average Bonchev–Trinajstić information content (AvgIpc) is 2.88. The summed E-state index contributed by atoms with van der Waals surface area (Å²) in [6.07, 6.45) is 0. The van der Waals surface area contributed by atoms with Gasteiger partial charge in [0.25, 0.3) is 0 Å². The van der Waals surface area contributed by atoms with Gasteiger partial charge >= 0.3 is 5.69 Å². The zero-order chi connectivity index (χ0) is 12.7. The zero-order valence-corrected chi connectivity index (χ0v) is 10.3. The summed E-state index contributed by atoms with van der Waals surface area (Å²) < 4.78 is 0. The minimum Gasteiger partial charge on any atom is -0.350 e. The summed E-state index contributed by atoms with van der Waals surface area (Å²) in [6.45, 7) is 5.64. The van der Waals surface area contributed by atoms with Gasteiger partial charge in [0.1, 0.15) is 0 Å². The lowest BCUT2D eigenvalue weighted by molar-refractivity contribution is -0.384. The highest BCUT2D eigenvalue weighted by Gasteiger charge is 2.38. The van der Waals surface area contributed by atoms with Crippen molar-refractivity contribution < 1.29 is 4.92 Å². The molecule has 6 heteroatoms. The van der Waals surface area contributed by atoms with E-state index in [9.17, 15) is 10.1 Å². The van der Waals surface area contributed by atoms with Crippen molar-refractivity contribution in [3.05, 3.63) is 27.9 Å². The molecule has 0 amide bonds. The van der Waals surface area contributed by atoms with Crippen molar-refractivity contribution in [2.75, 3.05) is 31.1 Å². The van der Waals surface area contributed by atoms with Crippen molar-refractivity contribution in [1.82, 2.24) is 10.3 Å². The second-order valence-corrected chi connectivity index (χ2v) is 5.14. The molecule has 0 aliphatic carbocycles. The molecule has 0 radical (unpaired) electrons. The molecule has 2 atom stereocenters. The number of rotatable bonds is 2. The Balaban J connectivity index is 1.92. The van der Waals surface area contributed by atoms with E-state index in [-0.39, 0.29) is 10.6 Å². The van der Waals surface area contributed by atoms with Crippen LogP contribution >= 0.6 is 0 Å². The first kappa shape index (κ1) is 11.4. The fourth-order valence-corrected chi connectivity index (χ4v) is 2.94. The number of hydrogen-bond donors (Lipinski definition) is 1. The Morgan fingerprint density at radius 1 is 1.39 bits per heavy atom. The van der Waals surface area contributed by atoms with Crippen LogP contribution in [-0.2, 0) is 0 Å². The van der Waals surface area contributed by atoms with Crippen LogP contribution < -0.4 is 10.2 Å². The van der Waals surface area contributed by atoms with Gasteiger partial charge in [0.2, 0.25) is 5.82 Å². The molecule has 0 aromatic carbocycles. The van der Waals surface area contributed by atoms with Gasteiger partial charge in [0, 0.05) is 37.9 Å². The van der Waals surface area contributed by atoms with Crippen molar-refractivity contribution in [2.45, 2.75) is 6.92 Å². The van der Waals surface area contributed by atoms with E-state index in [2.05, 4.69) is 15.2 Å². The summed E-state index contributed by atoms with van der Waals surface area (Å²) in [7, 11) is 0. The Morgan fingerprint density at radius 3 is 2.67 bits per heavy atom. The largest absolute Gasteiger partial charge is 0.350 e. The molecule has 3 heterocycles. The number of pyridine rings is 1. The fourth-order valence-electron chi connectivity index (χ4n) is 2.94. The molecule has 2 fully saturated rings. The van der Waals surface area contributed by atoms with Gasteiger partial charge in [-0.3, -0.25) is 10.1 Å². The van der Waals surface area contributed by atoms with E-state index >= 15 is 0 Å². The molecule has 0 bridgehead atoms. The Kier molecular flexibility index (Phi) is 2.66. The van der Waals surface area contributed by atoms with Gasteiger partial charge < -0.3 is 10.2 Å². The molecule has 0 saturated carbocycles. The lowest BCUT2D eigenvalue weighted by Gasteiger charge is -2.18. The summed E-state index contributed by atoms with van der Waals surface area (Å²) in [5.74, 6) is 1.74. The van der Waals surface area contributed by atoms with Crippen LogP contribution in [0.4, 0.5) is 11.5 Å². The van der Waals surface area contributed by atoms with Crippen molar-refractivity contribution in [1.29, 1.82) is 0 Å². The van der Waals surface area contributed by atoms with E-state index in [0.717, 1.165) is 31.9 Å². The molecule has 2 aliphatic rings. The number of aryl methyl sites for hydroxylation is 1. The lowest BCUT2D eigenvalue weighted by atomic mass is 10.0. The number of nitrogens with zero attached hydrogens (tertiary/aromatic N) is 3. The average molecular weight is 248 g/mol. The number of fused-ring (bicyclic) bond motifs is 1. The van der Waals surface area contributed by atoms with E-state index in [4.69, 9.17) is 0 Å². The van der Waals surface area contributed by atoms with Crippen molar-refractivity contribution in [3.63, 3.8) is 0 Å². The Hall–Kier alpha value is -1.69. The summed E-state index contributed by atoms with van der Waals surface area (Å²) >= 11 is 0. The van der Waals surface area contributed by atoms with Gasteiger partial charge in [-0.1, -0.05) is 0 Å². The van der Waals surface area contributed by atoms with Crippen LogP contribution in [0.25, 0.3) is 0 Å². The fraction of sp³-hybridized carbons (Fsp3) is 0.583. The van der Waals surface area contributed by atoms with Gasteiger partial charge in [0.15, 0.2) is 0 Å². The molecule has 18 heavy (non-hydrogen) atoms. The number of aromatic nitrogens is 1. The highest BCUT2D eigenvalue weighted by Crippen LogP contribution is 2.34. The maximum absolute atomic E-state index is 11.1. The van der Waals surface area contributed by atoms with Gasteiger partial charge in [-0.05, 0) is 24.8 Å². The van der Waals surface area contributed by atoms with Crippen LogP contribution in [0.3, 0.4) is 0 Å². The zero-order valence-electron chi connectivity index (χ0n) is 10.3. The van der Waals surface area contributed by atoms with Crippen LogP contribution in [0.15, 0.2) is 12.1 Å². The predicted molar refractivity (Wildman–Crippen MR) is 67.7 cm³/mol. The Labute approximate surface area is 105 Å². The quantitative estimate of drug-likeness (QED) is 0.623. The van der Waals surface area contributed by atoms with Gasteiger partial charge in [-0.15, -0.1) is 0 Å². The Bertz CT molecular complexity index is 479. The molecule has 2 saturated heterocycles.